The molecule has 2 heterocycles. The average Bonchev–Trinajstić information content (AvgIpc) is 3.25. The molecule has 0 bridgehead atoms. The maximum absolute atomic E-state index is 12.7. The number of nitrogens with zero attached hydrogens (tertiary/aromatic N) is 4. The third kappa shape index (κ3) is 4.26. The highest BCUT2D eigenvalue weighted by Gasteiger charge is 2.31. The first-order chi connectivity index (χ1) is 12.1. The molecule has 0 aliphatic carbocycles. The van der Waals surface area contributed by atoms with Crippen LogP contribution in [0.5, 0.6) is 0 Å². The van der Waals surface area contributed by atoms with Gasteiger partial charge in [-0.05, 0) is 61.2 Å². The zero-order valence-electron chi connectivity index (χ0n) is 13.7. The van der Waals surface area contributed by atoms with Crippen LogP contribution in [0.4, 0.5) is 0 Å². The molecule has 0 radical (unpaired) electrons. The lowest BCUT2D eigenvalue weighted by atomic mass is 10.1. The van der Waals surface area contributed by atoms with Crippen molar-refractivity contribution >= 4 is 46.4 Å². The molecule has 0 spiro atoms. The summed E-state index contributed by atoms with van der Waals surface area (Å²) >= 11 is 12.5. The fourth-order valence-corrected chi connectivity index (χ4v) is 3.65. The van der Waals surface area contributed by atoms with Gasteiger partial charge in [0.25, 0.3) is 5.91 Å². The molecular weight excluding hydrogens is 378 g/mol. The first-order valence-corrected chi connectivity index (χ1v) is 9.53. The molecule has 0 atom stereocenters. The minimum absolute atomic E-state index is 0.0909. The smallest absolute Gasteiger partial charge is 0.286 e. The Bertz CT molecular complexity index is 764. The molecule has 2 aromatic rings. The van der Waals surface area contributed by atoms with E-state index in [-0.39, 0.29) is 5.91 Å². The summed E-state index contributed by atoms with van der Waals surface area (Å²) in [7, 11) is 0. The summed E-state index contributed by atoms with van der Waals surface area (Å²) in [6, 6.07) is 7.75. The number of hydrogen-bond donors (Lipinski definition) is 1. The van der Waals surface area contributed by atoms with E-state index >= 15 is 0 Å². The largest absolute Gasteiger partial charge is 0.361 e. The molecule has 132 valence electrons. The number of hydrogen-bond acceptors (Lipinski definition) is 5. The minimum Gasteiger partial charge on any atom is -0.361 e. The SMILES string of the molecule is Cc1nnsc1C(=O)N1CCCN1C(=S)NCCc1ccc(Cl)cc1. The minimum atomic E-state index is -0.0909. The van der Waals surface area contributed by atoms with E-state index in [0.717, 1.165) is 35.9 Å². The number of thiocarbonyl (C=S) groups is 1. The number of aromatic nitrogens is 2. The molecule has 0 saturated carbocycles. The van der Waals surface area contributed by atoms with E-state index in [0.29, 0.717) is 28.8 Å². The molecule has 1 aliphatic heterocycles. The third-order valence-electron chi connectivity index (χ3n) is 3.95. The molecular formula is C16H18ClN5OS2. The number of hydrazine groups is 1. The van der Waals surface area contributed by atoms with E-state index in [2.05, 4.69) is 14.9 Å². The van der Waals surface area contributed by atoms with Crippen molar-refractivity contribution in [2.45, 2.75) is 19.8 Å². The van der Waals surface area contributed by atoms with Gasteiger partial charge >= 0.3 is 0 Å². The summed E-state index contributed by atoms with van der Waals surface area (Å²) in [5.41, 5.74) is 1.84. The lowest BCUT2D eigenvalue weighted by molar-refractivity contribution is 0.0496. The summed E-state index contributed by atoms with van der Waals surface area (Å²) in [6.45, 7) is 3.86. The van der Waals surface area contributed by atoms with Gasteiger partial charge in [-0.2, -0.15) is 0 Å². The maximum atomic E-state index is 12.7. The van der Waals surface area contributed by atoms with Crippen molar-refractivity contribution < 1.29 is 4.79 Å². The summed E-state index contributed by atoms with van der Waals surface area (Å²) in [4.78, 5) is 13.3. The van der Waals surface area contributed by atoms with Crippen molar-refractivity contribution in [3.8, 4) is 0 Å². The highest BCUT2D eigenvalue weighted by Crippen LogP contribution is 2.19. The zero-order valence-corrected chi connectivity index (χ0v) is 16.1. The van der Waals surface area contributed by atoms with E-state index in [1.165, 1.54) is 5.56 Å². The summed E-state index contributed by atoms with van der Waals surface area (Å²) in [5, 5.41) is 12.0. The number of carbonyl (C=O) groups excluding carboxylic acids is 1. The predicted molar refractivity (Wildman–Crippen MR) is 103 cm³/mol. The van der Waals surface area contributed by atoms with Crippen molar-refractivity contribution in [1.29, 1.82) is 0 Å². The van der Waals surface area contributed by atoms with Gasteiger partial charge in [-0.3, -0.25) is 9.80 Å². The van der Waals surface area contributed by atoms with Gasteiger partial charge in [0, 0.05) is 24.7 Å². The molecule has 1 amide bonds. The second-order valence-corrected chi connectivity index (χ2v) is 7.28. The zero-order chi connectivity index (χ0) is 17.8. The van der Waals surface area contributed by atoms with Crippen LogP contribution in [0, 0.1) is 6.92 Å². The van der Waals surface area contributed by atoms with E-state index in [1.807, 2.05) is 29.3 Å². The Kier molecular flexibility index (Phi) is 5.82. The van der Waals surface area contributed by atoms with Crippen LogP contribution in [0.25, 0.3) is 0 Å². The normalized spacial score (nSPS) is 14.0. The van der Waals surface area contributed by atoms with Crippen LogP contribution in [0.1, 0.15) is 27.3 Å². The molecule has 6 nitrogen and oxygen atoms in total. The maximum Gasteiger partial charge on any atom is 0.286 e. The van der Waals surface area contributed by atoms with Crippen molar-refractivity contribution in [2.24, 2.45) is 0 Å². The Hall–Kier alpha value is -1.77. The quantitative estimate of drug-likeness (QED) is 0.803. The topological polar surface area (TPSA) is 61.4 Å². The number of benzene rings is 1. The van der Waals surface area contributed by atoms with Crippen LogP contribution < -0.4 is 5.32 Å². The Morgan fingerprint density at radius 2 is 2.04 bits per heavy atom. The molecule has 1 fully saturated rings. The Morgan fingerprint density at radius 1 is 1.32 bits per heavy atom. The monoisotopic (exact) mass is 395 g/mol. The Morgan fingerprint density at radius 3 is 2.72 bits per heavy atom. The van der Waals surface area contributed by atoms with Crippen LogP contribution in [0.2, 0.25) is 5.02 Å². The lowest BCUT2D eigenvalue weighted by Crippen LogP contribution is -2.49. The van der Waals surface area contributed by atoms with Crippen molar-refractivity contribution in [3.05, 3.63) is 45.4 Å². The second-order valence-electron chi connectivity index (χ2n) is 5.70. The van der Waals surface area contributed by atoms with Gasteiger partial charge in [0.2, 0.25) is 0 Å². The second kappa shape index (κ2) is 8.07. The first-order valence-electron chi connectivity index (χ1n) is 7.97. The fraction of sp³-hybridized carbons (Fsp3) is 0.375. The Balaban J connectivity index is 1.56. The highest BCUT2D eigenvalue weighted by molar-refractivity contribution is 7.80. The van der Waals surface area contributed by atoms with Crippen molar-refractivity contribution in [3.63, 3.8) is 0 Å². The van der Waals surface area contributed by atoms with Crippen molar-refractivity contribution in [1.82, 2.24) is 24.9 Å². The lowest BCUT2D eigenvalue weighted by Gasteiger charge is -2.29. The van der Waals surface area contributed by atoms with Crippen LogP contribution in [0.15, 0.2) is 24.3 Å². The van der Waals surface area contributed by atoms with Gasteiger partial charge in [0.05, 0.1) is 5.69 Å². The van der Waals surface area contributed by atoms with Gasteiger partial charge in [0.1, 0.15) is 4.88 Å². The van der Waals surface area contributed by atoms with Crippen LogP contribution >= 0.6 is 35.4 Å². The highest BCUT2D eigenvalue weighted by atomic mass is 35.5. The number of nitrogens with one attached hydrogen (secondary N) is 1. The average molecular weight is 396 g/mol. The van der Waals surface area contributed by atoms with Crippen LogP contribution in [-0.4, -0.2) is 50.3 Å². The van der Waals surface area contributed by atoms with E-state index in [1.54, 1.807) is 11.9 Å². The molecule has 1 N–H and O–H groups in total. The number of rotatable bonds is 4. The van der Waals surface area contributed by atoms with E-state index in [4.69, 9.17) is 23.8 Å². The predicted octanol–water partition coefficient (Wildman–Crippen LogP) is 2.68. The summed E-state index contributed by atoms with van der Waals surface area (Å²) < 4.78 is 3.84. The number of halogens is 1. The van der Waals surface area contributed by atoms with Gasteiger partial charge in [0.15, 0.2) is 5.11 Å². The van der Waals surface area contributed by atoms with Crippen molar-refractivity contribution in [2.75, 3.05) is 19.6 Å². The molecule has 1 aromatic carbocycles. The van der Waals surface area contributed by atoms with Gasteiger partial charge in [-0.25, -0.2) is 5.01 Å². The standard InChI is InChI=1S/C16H18ClN5OS2/c1-11-14(25-20-19-11)15(23)21-9-2-10-22(21)16(24)18-8-7-12-3-5-13(17)6-4-12/h3-6H,2,7-10H2,1H3,(H,18,24). The number of aryl methyl sites for hydroxylation is 1. The van der Waals surface area contributed by atoms with Crippen LogP contribution in [-0.2, 0) is 6.42 Å². The molecule has 1 saturated heterocycles. The summed E-state index contributed by atoms with van der Waals surface area (Å²) in [6.07, 6.45) is 1.72. The fourth-order valence-electron chi connectivity index (χ4n) is 2.64. The number of carbonyl (C=O) groups is 1. The first kappa shape index (κ1) is 18.0. The van der Waals surface area contributed by atoms with E-state index < -0.39 is 0 Å². The molecule has 1 aliphatic rings. The van der Waals surface area contributed by atoms with Gasteiger partial charge in [-0.15, -0.1) is 5.10 Å². The third-order valence-corrected chi connectivity index (χ3v) is 5.37. The Labute approximate surface area is 160 Å². The molecule has 1 aromatic heterocycles. The van der Waals surface area contributed by atoms with Crippen LogP contribution in [0.3, 0.4) is 0 Å². The summed E-state index contributed by atoms with van der Waals surface area (Å²) in [5.74, 6) is -0.0909. The molecule has 0 unspecified atom stereocenters. The number of amides is 1. The molecule has 3 rings (SSSR count). The van der Waals surface area contributed by atoms with Gasteiger partial charge < -0.3 is 5.32 Å². The van der Waals surface area contributed by atoms with E-state index in [9.17, 15) is 4.79 Å². The molecule has 9 heteroatoms. The van der Waals surface area contributed by atoms with Gasteiger partial charge in [-0.1, -0.05) is 28.2 Å². The molecule has 25 heavy (non-hydrogen) atoms.